The molecular formula is C21H22F3N5O4S. The fourth-order valence-corrected chi connectivity index (χ4v) is 5.08. The van der Waals surface area contributed by atoms with E-state index in [1.54, 1.807) is 18.4 Å². The molecule has 3 N–H and O–H groups in total. The van der Waals surface area contributed by atoms with Crippen LogP contribution < -0.4 is 15.2 Å². The molecule has 34 heavy (non-hydrogen) atoms. The Morgan fingerprint density at radius 1 is 1.24 bits per heavy atom. The lowest BCUT2D eigenvalue weighted by Gasteiger charge is -2.30. The van der Waals surface area contributed by atoms with Crippen molar-refractivity contribution in [2.75, 3.05) is 0 Å². The molecule has 0 spiro atoms. The van der Waals surface area contributed by atoms with Crippen molar-refractivity contribution in [2.45, 2.75) is 56.5 Å². The molecule has 1 saturated carbocycles. The SMILES string of the molecule is CC(C)NS(=O)(=O)c1cnc(-c2c(C(N)=O)c3ccc(OC(F)(F)F)cc3n2C2CCC2)nc1. The first-order valence-corrected chi connectivity index (χ1v) is 11.9. The van der Waals surface area contributed by atoms with E-state index in [-0.39, 0.29) is 34.1 Å². The third-order valence-electron chi connectivity index (χ3n) is 5.44. The second kappa shape index (κ2) is 8.55. The molecule has 3 aromatic rings. The first kappa shape index (κ1) is 24.0. The largest absolute Gasteiger partial charge is 0.573 e. The number of hydrogen-bond acceptors (Lipinski definition) is 6. The van der Waals surface area contributed by atoms with Gasteiger partial charge in [-0.15, -0.1) is 13.2 Å². The van der Waals surface area contributed by atoms with Crippen LogP contribution in [0, 0.1) is 0 Å². The molecule has 1 fully saturated rings. The quantitative estimate of drug-likeness (QED) is 0.514. The molecule has 2 heterocycles. The predicted octanol–water partition coefficient (Wildman–Crippen LogP) is 3.51. The summed E-state index contributed by atoms with van der Waals surface area (Å²) in [7, 11) is -3.85. The second-order valence-corrected chi connectivity index (χ2v) is 10.0. The Bertz CT molecular complexity index is 1350. The monoisotopic (exact) mass is 497 g/mol. The number of aromatic nitrogens is 3. The minimum Gasteiger partial charge on any atom is -0.406 e. The maximum Gasteiger partial charge on any atom is 0.573 e. The number of amides is 1. The number of benzene rings is 1. The maximum absolute atomic E-state index is 12.8. The first-order valence-electron chi connectivity index (χ1n) is 10.5. The number of carbonyl (C=O) groups is 1. The number of rotatable bonds is 7. The highest BCUT2D eigenvalue weighted by Gasteiger charge is 2.34. The van der Waals surface area contributed by atoms with Crippen molar-refractivity contribution in [3.8, 4) is 17.3 Å². The third-order valence-corrected chi connectivity index (χ3v) is 7.05. The van der Waals surface area contributed by atoms with Gasteiger partial charge in [-0.2, -0.15) is 0 Å². The fourth-order valence-electron chi connectivity index (χ4n) is 3.94. The summed E-state index contributed by atoms with van der Waals surface area (Å²) in [5.74, 6) is -1.23. The Hall–Kier alpha value is -3.19. The molecule has 0 radical (unpaired) electrons. The standard InChI is InChI=1S/C21H22F3N5O4S/c1-11(2)28-34(31,32)14-9-26-20(27-10-14)18-17(19(25)30)15-7-6-13(33-21(22,23)24)8-16(15)29(18)12-4-3-5-12/h6-12,28H,3-5H2,1-2H3,(H2,25,30). The molecule has 0 aliphatic heterocycles. The highest BCUT2D eigenvalue weighted by Crippen LogP contribution is 2.43. The predicted molar refractivity (Wildman–Crippen MR) is 117 cm³/mol. The Labute approximate surface area is 193 Å². The van der Waals surface area contributed by atoms with Gasteiger partial charge in [-0.05, 0) is 45.2 Å². The van der Waals surface area contributed by atoms with Crippen LogP contribution in [0.5, 0.6) is 5.75 Å². The second-order valence-electron chi connectivity index (χ2n) is 8.29. The van der Waals surface area contributed by atoms with E-state index < -0.39 is 28.0 Å². The molecule has 0 atom stereocenters. The lowest BCUT2D eigenvalue weighted by molar-refractivity contribution is -0.274. The van der Waals surface area contributed by atoms with Crippen molar-refractivity contribution in [1.82, 2.24) is 19.3 Å². The van der Waals surface area contributed by atoms with Crippen molar-refractivity contribution in [3.63, 3.8) is 0 Å². The lowest BCUT2D eigenvalue weighted by atomic mass is 9.92. The van der Waals surface area contributed by atoms with Crippen molar-refractivity contribution >= 4 is 26.8 Å². The van der Waals surface area contributed by atoms with Crippen LogP contribution in [0.25, 0.3) is 22.4 Å². The number of nitrogens with one attached hydrogen (secondary N) is 1. The minimum atomic E-state index is -4.88. The maximum atomic E-state index is 12.8. The molecule has 9 nitrogen and oxygen atoms in total. The van der Waals surface area contributed by atoms with E-state index in [1.807, 2.05) is 0 Å². The van der Waals surface area contributed by atoms with E-state index in [0.29, 0.717) is 10.9 Å². The summed E-state index contributed by atoms with van der Waals surface area (Å²) >= 11 is 0. The van der Waals surface area contributed by atoms with Gasteiger partial charge in [0.1, 0.15) is 16.3 Å². The smallest absolute Gasteiger partial charge is 0.406 e. The average molecular weight is 497 g/mol. The summed E-state index contributed by atoms with van der Waals surface area (Å²) in [5, 5.41) is 0.325. The molecule has 0 saturated heterocycles. The topological polar surface area (TPSA) is 129 Å². The van der Waals surface area contributed by atoms with E-state index in [4.69, 9.17) is 5.73 Å². The van der Waals surface area contributed by atoms with Crippen molar-refractivity contribution < 1.29 is 31.1 Å². The van der Waals surface area contributed by atoms with Gasteiger partial charge in [-0.3, -0.25) is 4.79 Å². The molecule has 13 heteroatoms. The molecule has 182 valence electrons. The van der Waals surface area contributed by atoms with E-state index in [2.05, 4.69) is 19.4 Å². The number of alkyl halides is 3. The molecule has 4 rings (SSSR count). The van der Waals surface area contributed by atoms with Crippen LogP contribution in [0.1, 0.15) is 49.5 Å². The van der Waals surface area contributed by atoms with E-state index in [0.717, 1.165) is 37.7 Å². The summed E-state index contributed by atoms with van der Waals surface area (Å²) < 4.78 is 71.4. The van der Waals surface area contributed by atoms with Gasteiger partial charge in [0.25, 0.3) is 5.91 Å². The number of sulfonamides is 1. The summed E-state index contributed by atoms with van der Waals surface area (Å²) in [6.07, 6.45) is -0.315. The first-order chi connectivity index (χ1) is 15.9. The Morgan fingerprint density at radius 2 is 1.88 bits per heavy atom. The van der Waals surface area contributed by atoms with Crippen LogP contribution in [0.3, 0.4) is 0 Å². The van der Waals surface area contributed by atoms with E-state index >= 15 is 0 Å². The Kier molecular flexibility index (Phi) is 6.02. The third kappa shape index (κ3) is 4.57. The number of hydrogen-bond donors (Lipinski definition) is 2. The number of nitrogens with two attached hydrogens (primary N) is 1. The van der Waals surface area contributed by atoms with Crippen molar-refractivity contribution in [2.24, 2.45) is 5.73 Å². The number of carbonyl (C=O) groups excluding carboxylic acids is 1. The van der Waals surface area contributed by atoms with Crippen LogP contribution in [0.15, 0.2) is 35.5 Å². The average Bonchev–Trinajstić information content (AvgIpc) is 2.99. The normalized spacial score (nSPS) is 15.0. The zero-order chi connectivity index (χ0) is 24.8. The van der Waals surface area contributed by atoms with Gasteiger partial charge < -0.3 is 15.0 Å². The molecule has 0 bridgehead atoms. The summed E-state index contributed by atoms with van der Waals surface area (Å²) in [4.78, 5) is 20.6. The number of halogens is 3. The van der Waals surface area contributed by atoms with Crippen LogP contribution in [0.4, 0.5) is 13.2 Å². The fraction of sp³-hybridized carbons (Fsp3) is 0.381. The Morgan fingerprint density at radius 3 is 2.38 bits per heavy atom. The molecule has 2 aromatic heterocycles. The minimum absolute atomic E-state index is 0.0266. The van der Waals surface area contributed by atoms with Gasteiger partial charge >= 0.3 is 6.36 Å². The number of fused-ring (bicyclic) bond motifs is 1. The number of primary amides is 1. The van der Waals surface area contributed by atoms with Gasteiger partial charge in [0.15, 0.2) is 5.82 Å². The molecule has 1 amide bonds. The molecule has 1 aliphatic rings. The summed E-state index contributed by atoms with van der Waals surface area (Å²) in [6, 6.07) is 3.16. The molecule has 1 aliphatic carbocycles. The molecule has 0 unspecified atom stereocenters. The number of nitrogens with zero attached hydrogens (tertiary/aromatic N) is 3. The summed E-state index contributed by atoms with van der Waals surface area (Å²) in [5.41, 5.74) is 6.23. The van der Waals surface area contributed by atoms with Crippen molar-refractivity contribution in [3.05, 3.63) is 36.2 Å². The van der Waals surface area contributed by atoms with Crippen LogP contribution in [-0.2, 0) is 10.0 Å². The van der Waals surface area contributed by atoms with Crippen LogP contribution >= 0.6 is 0 Å². The molecule has 1 aromatic carbocycles. The lowest BCUT2D eigenvalue weighted by Crippen LogP contribution is -2.30. The number of ether oxygens (including phenoxy) is 1. The highest BCUT2D eigenvalue weighted by atomic mass is 32.2. The van der Waals surface area contributed by atoms with E-state index in [9.17, 15) is 26.4 Å². The van der Waals surface area contributed by atoms with E-state index in [1.165, 1.54) is 12.1 Å². The Balaban J connectivity index is 1.91. The van der Waals surface area contributed by atoms with Crippen LogP contribution in [0.2, 0.25) is 0 Å². The zero-order valence-corrected chi connectivity index (χ0v) is 19.1. The van der Waals surface area contributed by atoms with Gasteiger partial charge in [0.2, 0.25) is 10.0 Å². The van der Waals surface area contributed by atoms with Gasteiger partial charge in [0, 0.05) is 23.5 Å². The summed E-state index contributed by atoms with van der Waals surface area (Å²) in [6.45, 7) is 3.33. The zero-order valence-electron chi connectivity index (χ0n) is 18.3. The molecular weight excluding hydrogens is 475 g/mol. The van der Waals surface area contributed by atoms with Crippen LogP contribution in [-0.4, -0.2) is 41.3 Å². The van der Waals surface area contributed by atoms with Gasteiger partial charge in [0.05, 0.1) is 23.5 Å². The highest BCUT2D eigenvalue weighted by molar-refractivity contribution is 7.89. The van der Waals surface area contributed by atoms with Gasteiger partial charge in [-0.25, -0.2) is 23.1 Å². The van der Waals surface area contributed by atoms with Gasteiger partial charge in [-0.1, -0.05) is 0 Å². The van der Waals surface area contributed by atoms with Crippen molar-refractivity contribution in [1.29, 1.82) is 0 Å².